The number of benzene rings is 1. The van der Waals surface area contributed by atoms with Gasteiger partial charge < -0.3 is 4.57 Å². The topological polar surface area (TPSA) is 34.0 Å². The van der Waals surface area contributed by atoms with Gasteiger partial charge in [-0.15, -0.1) is 0 Å². The van der Waals surface area contributed by atoms with E-state index in [-0.39, 0.29) is 6.04 Å². The van der Waals surface area contributed by atoms with Crippen LogP contribution in [-0.2, 0) is 6.54 Å². The predicted molar refractivity (Wildman–Crippen MR) is 94.2 cm³/mol. The lowest BCUT2D eigenvalue weighted by Crippen LogP contribution is -2.25. The summed E-state index contributed by atoms with van der Waals surface area (Å²) >= 11 is 0. The van der Waals surface area contributed by atoms with Crippen molar-refractivity contribution in [3.05, 3.63) is 60.2 Å². The first-order valence-electron chi connectivity index (χ1n) is 8.15. The predicted octanol–water partition coefficient (Wildman–Crippen LogP) is 4.21. The van der Waals surface area contributed by atoms with Crippen molar-refractivity contribution in [2.45, 2.75) is 39.4 Å². The number of pyridine rings is 1. The van der Waals surface area contributed by atoms with Crippen LogP contribution in [0.15, 0.2) is 48.7 Å². The van der Waals surface area contributed by atoms with Gasteiger partial charge in [-0.25, -0.2) is 4.98 Å². The van der Waals surface area contributed by atoms with Gasteiger partial charge in [-0.1, -0.05) is 18.2 Å². The molecule has 0 radical (unpaired) electrons. The van der Waals surface area contributed by atoms with Crippen molar-refractivity contribution in [2.75, 3.05) is 7.05 Å². The molecular formula is C19H24N4. The lowest BCUT2D eigenvalue weighted by Gasteiger charge is -2.25. The third-order valence-corrected chi connectivity index (χ3v) is 4.35. The Bertz CT molecular complexity index is 776. The van der Waals surface area contributed by atoms with Gasteiger partial charge >= 0.3 is 0 Å². The summed E-state index contributed by atoms with van der Waals surface area (Å²) in [5.74, 6) is 1.10. The normalized spacial score (nSPS) is 13.1. The third kappa shape index (κ3) is 3.13. The Morgan fingerprint density at radius 1 is 1.04 bits per heavy atom. The van der Waals surface area contributed by atoms with Crippen molar-refractivity contribution in [3.8, 4) is 0 Å². The molecule has 1 aromatic carbocycles. The van der Waals surface area contributed by atoms with E-state index in [4.69, 9.17) is 4.98 Å². The Morgan fingerprint density at radius 2 is 1.78 bits per heavy atom. The molecule has 120 valence electrons. The average Bonchev–Trinajstić information content (AvgIpc) is 2.92. The molecule has 2 aromatic heterocycles. The highest BCUT2D eigenvalue weighted by Crippen LogP contribution is 2.24. The third-order valence-electron chi connectivity index (χ3n) is 4.35. The Morgan fingerprint density at radius 3 is 2.48 bits per heavy atom. The highest BCUT2D eigenvalue weighted by molar-refractivity contribution is 5.76. The molecule has 1 atom stereocenters. The minimum atomic E-state index is 0.247. The van der Waals surface area contributed by atoms with Gasteiger partial charge in [0.05, 0.1) is 23.3 Å². The first kappa shape index (κ1) is 15.7. The van der Waals surface area contributed by atoms with Crippen molar-refractivity contribution in [2.24, 2.45) is 0 Å². The fraction of sp³-hybridized carbons (Fsp3) is 0.368. The van der Waals surface area contributed by atoms with Gasteiger partial charge in [0.15, 0.2) is 0 Å². The number of hydrogen-bond donors (Lipinski definition) is 0. The zero-order valence-electron chi connectivity index (χ0n) is 14.3. The van der Waals surface area contributed by atoms with E-state index in [2.05, 4.69) is 66.5 Å². The van der Waals surface area contributed by atoms with Gasteiger partial charge in [-0.05, 0) is 52.1 Å². The Labute approximate surface area is 137 Å². The van der Waals surface area contributed by atoms with Gasteiger partial charge in [0.1, 0.15) is 5.82 Å². The van der Waals surface area contributed by atoms with Gasteiger partial charge in [0.2, 0.25) is 0 Å². The summed E-state index contributed by atoms with van der Waals surface area (Å²) in [5.41, 5.74) is 3.36. The van der Waals surface area contributed by atoms with Crippen molar-refractivity contribution in [3.63, 3.8) is 0 Å². The number of para-hydroxylation sites is 2. The van der Waals surface area contributed by atoms with Crippen LogP contribution in [0.25, 0.3) is 11.0 Å². The first-order chi connectivity index (χ1) is 11.1. The molecule has 4 heteroatoms. The van der Waals surface area contributed by atoms with Crippen molar-refractivity contribution in [1.82, 2.24) is 19.4 Å². The van der Waals surface area contributed by atoms with Crippen LogP contribution in [0.2, 0.25) is 0 Å². The summed E-state index contributed by atoms with van der Waals surface area (Å²) in [5, 5.41) is 0. The van der Waals surface area contributed by atoms with E-state index in [9.17, 15) is 0 Å². The summed E-state index contributed by atoms with van der Waals surface area (Å²) in [6, 6.07) is 15.1. The fourth-order valence-electron chi connectivity index (χ4n) is 2.99. The molecule has 0 amide bonds. The summed E-state index contributed by atoms with van der Waals surface area (Å²) in [4.78, 5) is 11.6. The lowest BCUT2D eigenvalue weighted by atomic mass is 10.2. The molecule has 3 rings (SSSR count). The Balaban J connectivity index is 1.90. The molecule has 3 aromatic rings. The second kappa shape index (κ2) is 6.50. The zero-order valence-corrected chi connectivity index (χ0v) is 14.3. The zero-order chi connectivity index (χ0) is 16.4. The number of hydrogen-bond acceptors (Lipinski definition) is 3. The van der Waals surface area contributed by atoms with Gasteiger partial charge in [-0.3, -0.25) is 9.88 Å². The SMILES string of the molecule is CC(C)n1c(CN(C)[C@@H](C)c2ccccn2)nc2ccccc21. The first-order valence-corrected chi connectivity index (χ1v) is 8.15. The van der Waals surface area contributed by atoms with Crippen LogP contribution in [0.4, 0.5) is 0 Å². The van der Waals surface area contributed by atoms with Crippen LogP contribution in [-0.4, -0.2) is 26.5 Å². The number of aromatic nitrogens is 3. The highest BCUT2D eigenvalue weighted by atomic mass is 15.2. The van der Waals surface area contributed by atoms with Crippen LogP contribution < -0.4 is 0 Å². The van der Waals surface area contributed by atoms with Crippen molar-refractivity contribution >= 4 is 11.0 Å². The van der Waals surface area contributed by atoms with Crippen molar-refractivity contribution < 1.29 is 0 Å². The maximum atomic E-state index is 4.85. The molecule has 0 unspecified atom stereocenters. The van der Waals surface area contributed by atoms with Crippen LogP contribution in [0.1, 0.15) is 44.4 Å². The van der Waals surface area contributed by atoms with Gasteiger partial charge in [-0.2, -0.15) is 0 Å². The molecule has 0 spiro atoms. The Hall–Kier alpha value is -2.20. The second-order valence-electron chi connectivity index (χ2n) is 6.33. The van der Waals surface area contributed by atoms with Crippen LogP contribution in [0.5, 0.6) is 0 Å². The molecule has 0 saturated heterocycles. The number of imidazole rings is 1. The molecule has 0 saturated carbocycles. The molecule has 0 aliphatic heterocycles. The maximum absolute atomic E-state index is 4.85. The summed E-state index contributed by atoms with van der Waals surface area (Å²) in [6.45, 7) is 7.40. The molecule has 0 N–H and O–H groups in total. The quantitative estimate of drug-likeness (QED) is 0.708. The molecule has 4 nitrogen and oxygen atoms in total. The second-order valence-corrected chi connectivity index (χ2v) is 6.33. The van der Waals surface area contributed by atoms with Crippen LogP contribution >= 0.6 is 0 Å². The van der Waals surface area contributed by atoms with Crippen LogP contribution in [0.3, 0.4) is 0 Å². The molecule has 0 fully saturated rings. The minimum Gasteiger partial charge on any atom is -0.324 e. The monoisotopic (exact) mass is 308 g/mol. The Kier molecular flexibility index (Phi) is 4.44. The molecule has 0 bridgehead atoms. The molecule has 2 heterocycles. The lowest BCUT2D eigenvalue weighted by molar-refractivity contribution is 0.238. The van der Waals surface area contributed by atoms with E-state index in [1.807, 2.05) is 24.4 Å². The summed E-state index contributed by atoms with van der Waals surface area (Å²) in [6.07, 6.45) is 1.85. The molecule has 0 aliphatic carbocycles. The number of nitrogens with zero attached hydrogens (tertiary/aromatic N) is 4. The molecular weight excluding hydrogens is 284 g/mol. The smallest absolute Gasteiger partial charge is 0.124 e. The molecule has 0 aliphatic rings. The van der Waals surface area contributed by atoms with E-state index in [1.165, 1.54) is 5.52 Å². The summed E-state index contributed by atoms with van der Waals surface area (Å²) in [7, 11) is 2.13. The van der Waals surface area contributed by atoms with Crippen LogP contribution in [0, 0.1) is 0 Å². The van der Waals surface area contributed by atoms with E-state index >= 15 is 0 Å². The maximum Gasteiger partial charge on any atom is 0.124 e. The van der Waals surface area contributed by atoms with Gasteiger partial charge in [0, 0.05) is 18.3 Å². The highest BCUT2D eigenvalue weighted by Gasteiger charge is 2.18. The van der Waals surface area contributed by atoms with Gasteiger partial charge in [0.25, 0.3) is 0 Å². The average molecular weight is 308 g/mol. The molecule has 23 heavy (non-hydrogen) atoms. The minimum absolute atomic E-state index is 0.247. The number of fused-ring (bicyclic) bond motifs is 1. The van der Waals surface area contributed by atoms with Crippen molar-refractivity contribution in [1.29, 1.82) is 0 Å². The van der Waals surface area contributed by atoms with E-state index in [0.717, 1.165) is 23.6 Å². The van der Waals surface area contributed by atoms with E-state index in [1.54, 1.807) is 0 Å². The van der Waals surface area contributed by atoms with E-state index < -0.39 is 0 Å². The fourth-order valence-corrected chi connectivity index (χ4v) is 2.99. The standard InChI is InChI=1S/C19H24N4/c1-14(2)23-18-11-6-5-10-17(18)21-19(23)13-22(4)15(3)16-9-7-8-12-20-16/h5-12,14-15H,13H2,1-4H3/t15-/m0/s1. The largest absolute Gasteiger partial charge is 0.324 e. The van der Waals surface area contributed by atoms with E-state index in [0.29, 0.717) is 6.04 Å². The summed E-state index contributed by atoms with van der Waals surface area (Å²) < 4.78 is 2.33. The number of rotatable bonds is 5.